The predicted molar refractivity (Wildman–Crippen MR) is 118 cm³/mol. The monoisotopic (exact) mass is 424 g/mol. The van der Waals surface area contributed by atoms with Gasteiger partial charge in [-0.3, -0.25) is 19.2 Å². The number of amides is 2. The molecular formula is C24H28N2O5. The molecule has 0 spiro atoms. The molecule has 2 rings (SSSR count). The number of anilines is 1. The van der Waals surface area contributed by atoms with Gasteiger partial charge in [0.05, 0.1) is 6.42 Å². The van der Waals surface area contributed by atoms with Gasteiger partial charge in [-0.25, -0.2) is 0 Å². The van der Waals surface area contributed by atoms with Crippen molar-refractivity contribution < 1.29 is 23.9 Å². The van der Waals surface area contributed by atoms with Crippen LogP contribution in [0.4, 0.5) is 5.69 Å². The highest BCUT2D eigenvalue weighted by molar-refractivity contribution is 5.98. The van der Waals surface area contributed by atoms with Gasteiger partial charge < -0.3 is 15.4 Å². The van der Waals surface area contributed by atoms with Crippen LogP contribution < -0.4 is 10.6 Å². The fraction of sp³-hybridized carbons (Fsp3) is 0.333. The Balaban J connectivity index is 1.73. The lowest BCUT2D eigenvalue weighted by atomic mass is 9.87. The summed E-state index contributed by atoms with van der Waals surface area (Å²) in [6, 6.07) is 13.6. The molecule has 0 saturated carbocycles. The van der Waals surface area contributed by atoms with E-state index in [1.54, 1.807) is 36.4 Å². The number of hydrogen-bond acceptors (Lipinski definition) is 5. The van der Waals surface area contributed by atoms with Crippen molar-refractivity contribution in [3.63, 3.8) is 0 Å². The predicted octanol–water partition coefficient (Wildman–Crippen LogP) is 3.49. The first-order valence-electron chi connectivity index (χ1n) is 10.0. The van der Waals surface area contributed by atoms with Crippen LogP contribution in [0.5, 0.6) is 0 Å². The van der Waals surface area contributed by atoms with Crippen LogP contribution in [0.2, 0.25) is 0 Å². The summed E-state index contributed by atoms with van der Waals surface area (Å²) in [7, 11) is 0. The SMILES string of the molecule is CC(=O)Nc1ccc(C(=O)COC(=O)CCNC(=O)c2ccc(C(C)(C)C)cc2)cc1. The van der Waals surface area contributed by atoms with Gasteiger partial charge in [0.1, 0.15) is 0 Å². The molecule has 0 aliphatic heterocycles. The second kappa shape index (κ2) is 10.5. The number of ether oxygens (including phenoxy) is 1. The Kier molecular flexibility index (Phi) is 8.07. The number of carbonyl (C=O) groups is 4. The zero-order valence-electron chi connectivity index (χ0n) is 18.3. The molecule has 7 heteroatoms. The molecule has 0 aliphatic carbocycles. The molecule has 2 aromatic carbocycles. The summed E-state index contributed by atoms with van der Waals surface area (Å²) in [5.41, 5.74) is 2.59. The third kappa shape index (κ3) is 7.70. The third-order valence-electron chi connectivity index (χ3n) is 4.52. The van der Waals surface area contributed by atoms with Crippen LogP contribution in [-0.4, -0.2) is 36.7 Å². The number of rotatable bonds is 8. The largest absolute Gasteiger partial charge is 0.457 e. The van der Waals surface area contributed by atoms with Gasteiger partial charge in [-0.05, 0) is 47.4 Å². The Morgan fingerprint density at radius 2 is 1.45 bits per heavy atom. The van der Waals surface area contributed by atoms with Gasteiger partial charge in [-0.15, -0.1) is 0 Å². The molecule has 0 heterocycles. The smallest absolute Gasteiger partial charge is 0.308 e. The van der Waals surface area contributed by atoms with E-state index in [1.807, 2.05) is 12.1 Å². The minimum absolute atomic E-state index is 0.00365. The molecule has 0 aliphatic rings. The summed E-state index contributed by atoms with van der Waals surface area (Å²) >= 11 is 0. The van der Waals surface area contributed by atoms with Crippen molar-refractivity contribution in [2.45, 2.75) is 39.5 Å². The van der Waals surface area contributed by atoms with E-state index in [-0.39, 0.29) is 42.6 Å². The maximum absolute atomic E-state index is 12.2. The van der Waals surface area contributed by atoms with E-state index in [9.17, 15) is 19.2 Å². The Hall–Kier alpha value is -3.48. The number of hydrogen-bond donors (Lipinski definition) is 2. The summed E-state index contributed by atoms with van der Waals surface area (Å²) in [5, 5.41) is 5.27. The molecule has 164 valence electrons. The van der Waals surface area contributed by atoms with E-state index in [0.29, 0.717) is 16.8 Å². The second-order valence-electron chi connectivity index (χ2n) is 8.18. The van der Waals surface area contributed by atoms with Gasteiger partial charge >= 0.3 is 5.97 Å². The van der Waals surface area contributed by atoms with Crippen LogP contribution in [0.25, 0.3) is 0 Å². The topological polar surface area (TPSA) is 102 Å². The first-order valence-corrected chi connectivity index (χ1v) is 10.0. The lowest BCUT2D eigenvalue weighted by Crippen LogP contribution is -2.27. The molecule has 2 N–H and O–H groups in total. The molecule has 0 atom stereocenters. The van der Waals surface area contributed by atoms with Gasteiger partial charge in [0.25, 0.3) is 5.91 Å². The van der Waals surface area contributed by atoms with E-state index >= 15 is 0 Å². The normalized spacial score (nSPS) is 10.8. The summed E-state index contributed by atoms with van der Waals surface area (Å²) in [5.74, 6) is -1.41. The van der Waals surface area contributed by atoms with Crippen LogP contribution in [0.15, 0.2) is 48.5 Å². The Morgan fingerprint density at radius 1 is 0.871 bits per heavy atom. The molecule has 0 bridgehead atoms. The fourth-order valence-corrected chi connectivity index (χ4v) is 2.75. The molecule has 7 nitrogen and oxygen atoms in total. The first-order chi connectivity index (χ1) is 14.6. The summed E-state index contributed by atoms with van der Waals surface area (Å²) in [4.78, 5) is 47.2. The lowest BCUT2D eigenvalue weighted by molar-refractivity contribution is -0.142. The van der Waals surface area contributed by atoms with Crippen molar-refractivity contribution in [1.82, 2.24) is 5.32 Å². The van der Waals surface area contributed by atoms with E-state index in [0.717, 1.165) is 5.56 Å². The van der Waals surface area contributed by atoms with Crippen LogP contribution in [0, 0.1) is 0 Å². The number of benzene rings is 2. The second-order valence-corrected chi connectivity index (χ2v) is 8.18. The van der Waals surface area contributed by atoms with Gasteiger partial charge in [-0.1, -0.05) is 32.9 Å². The van der Waals surface area contributed by atoms with Crippen molar-refractivity contribution >= 4 is 29.3 Å². The van der Waals surface area contributed by atoms with Crippen molar-refractivity contribution in [3.8, 4) is 0 Å². The van der Waals surface area contributed by atoms with E-state index in [4.69, 9.17) is 4.74 Å². The van der Waals surface area contributed by atoms with Gasteiger partial charge in [-0.2, -0.15) is 0 Å². The lowest BCUT2D eigenvalue weighted by Gasteiger charge is -2.19. The highest BCUT2D eigenvalue weighted by Crippen LogP contribution is 2.22. The van der Waals surface area contributed by atoms with Crippen LogP contribution >= 0.6 is 0 Å². The Bertz CT molecular complexity index is 941. The van der Waals surface area contributed by atoms with E-state index in [2.05, 4.69) is 31.4 Å². The maximum Gasteiger partial charge on any atom is 0.308 e. The number of nitrogens with one attached hydrogen (secondary N) is 2. The maximum atomic E-state index is 12.2. The molecule has 0 unspecified atom stereocenters. The standard InChI is InChI=1S/C24H28N2O5/c1-16(27)26-20-11-7-17(8-12-20)21(28)15-31-22(29)13-14-25-23(30)18-5-9-19(10-6-18)24(2,3)4/h5-12H,13-15H2,1-4H3,(H,25,30)(H,26,27). The van der Waals surface area contributed by atoms with Gasteiger partial charge in [0.15, 0.2) is 12.4 Å². The average molecular weight is 424 g/mol. The highest BCUT2D eigenvalue weighted by Gasteiger charge is 2.15. The van der Waals surface area contributed by atoms with Gasteiger partial charge in [0, 0.05) is 30.3 Å². The molecule has 2 amide bonds. The van der Waals surface area contributed by atoms with Crippen molar-refractivity contribution in [1.29, 1.82) is 0 Å². The number of carbonyl (C=O) groups excluding carboxylic acids is 4. The molecule has 0 aromatic heterocycles. The summed E-state index contributed by atoms with van der Waals surface area (Å²) in [6.45, 7) is 7.40. The number of Topliss-reactive ketones (excluding diaryl/α,β-unsaturated/α-hetero) is 1. The number of esters is 1. The Labute approximate surface area is 182 Å². The zero-order valence-corrected chi connectivity index (χ0v) is 18.3. The third-order valence-corrected chi connectivity index (χ3v) is 4.52. The van der Waals surface area contributed by atoms with Crippen LogP contribution in [0.3, 0.4) is 0 Å². The zero-order chi connectivity index (χ0) is 23.0. The summed E-state index contributed by atoms with van der Waals surface area (Å²) in [6.07, 6.45) is -0.0411. The fourth-order valence-electron chi connectivity index (χ4n) is 2.75. The van der Waals surface area contributed by atoms with Crippen LogP contribution in [-0.2, 0) is 19.7 Å². The average Bonchev–Trinajstić information content (AvgIpc) is 2.71. The first kappa shape index (κ1) is 23.8. The molecule has 0 fully saturated rings. The van der Waals surface area contributed by atoms with E-state index in [1.165, 1.54) is 6.92 Å². The minimum Gasteiger partial charge on any atom is -0.457 e. The minimum atomic E-state index is -0.577. The van der Waals surface area contributed by atoms with Crippen molar-refractivity contribution in [3.05, 3.63) is 65.2 Å². The molecule has 0 radical (unpaired) electrons. The van der Waals surface area contributed by atoms with Crippen molar-refractivity contribution in [2.24, 2.45) is 0 Å². The summed E-state index contributed by atoms with van der Waals surface area (Å²) < 4.78 is 4.98. The van der Waals surface area contributed by atoms with Crippen molar-refractivity contribution in [2.75, 3.05) is 18.5 Å². The Morgan fingerprint density at radius 3 is 2.00 bits per heavy atom. The van der Waals surface area contributed by atoms with Gasteiger partial charge in [0.2, 0.25) is 5.91 Å². The highest BCUT2D eigenvalue weighted by atomic mass is 16.5. The van der Waals surface area contributed by atoms with E-state index < -0.39 is 5.97 Å². The number of ketones is 1. The molecule has 2 aromatic rings. The molecule has 31 heavy (non-hydrogen) atoms. The quantitative estimate of drug-likeness (QED) is 0.499. The molecular weight excluding hydrogens is 396 g/mol. The molecule has 0 saturated heterocycles. The van der Waals surface area contributed by atoms with Crippen LogP contribution in [0.1, 0.15) is 60.4 Å².